The van der Waals surface area contributed by atoms with Gasteiger partial charge in [0.2, 0.25) is 17.8 Å². The van der Waals surface area contributed by atoms with Crippen LogP contribution < -0.4 is 10.6 Å². The quantitative estimate of drug-likeness (QED) is 0.418. The third-order valence-electron chi connectivity index (χ3n) is 7.87. The van der Waals surface area contributed by atoms with Crippen LogP contribution in [-0.4, -0.2) is 61.7 Å². The number of anilines is 2. The lowest BCUT2D eigenvalue weighted by atomic mass is 9.83. The fraction of sp³-hybridized carbons (Fsp3) is 0.345. The zero-order valence-corrected chi connectivity index (χ0v) is 21.5. The summed E-state index contributed by atoms with van der Waals surface area (Å²) >= 11 is 0. The van der Waals surface area contributed by atoms with E-state index in [0.29, 0.717) is 57.0 Å². The van der Waals surface area contributed by atoms with Crippen LogP contribution >= 0.6 is 0 Å². The van der Waals surface area contributed by atoms with Crippen LogP contribution in [-0.2, 0) is 28.3 Å². The van der Waals surface area contributed by atoms with E-state index in [2.05, 4.69) is 25.5 Å². The minimum atomic E-state index is -0.998. The van der Waals surface area contributed by atoms with Crippen molar-refractivity contribution in [2.24, 2.45) is 0 Å². The number of benzene rings is 2. The van der Waals surface area contributed by atoms with E-state index in [0.717, 1.165) is 22.5 Å². The summed E-state index contributed by atoms with van der Waals surface area (Å²) in [5.74, 6) is -0.393. The molecular weight excluding hydrogens is 496 g/mol. The van der Waals surface area contributed by atoms with Gasteiger partial charge in [-0.1, -0.05) is 30.3 Å². The number of piperidine rings is 2. The summed E-state index contributed by atoms with van der Waals surface area (Å²) in [6.07, 6.45) is 3.40. The Morgan fingerprint density at radius 1 is 1.05 bits per heavy atom. The van der Waals surface area contributed by atoms with Crippen molar-refractivity contribution in [1.29, 1.82) is 0 Å². The van der Waals surface area contributed by atoms with Gasteiger partial charge in [0.1, 0.15) is 6.04 Å². The number of amides is 3. The Balaban J connectivity index is 1.09. The van der Waals surface area contributed by atoms with Crippen molar-refractivity contribution in [3.8, 4) is 0 Å². The summed E-state index contributed by atoms with van der Waals surface area (Å²) in [5, 5.41) is 17.1. The zero-order valence-electron chi connectivity index (χ0n) is 21.5. The van der Waals surface area contributed by atoms with Gasteiger partial charge in [-0.25, -0.2) is 9.97 Å². The molecule has 1 atom stereocenters. The van der Waals surface area contributed by atoms with Crippen molar-refractivity contribution < 1.29 is 19.5 Å². The summed E-state index contributed by atoms with van der Waals surface area (Å²) in [6.45, 7) is 2.34. The molecule has 0 radical (unpaired) electrons. The first-order valence-electron chi connectivity index (χ1n) is 13.2. The molecule has 200 valence electrons. The number of aromatic nitrogens is 2. The van der Waals surface area contributed by atoms with Gasteiger partial charge in [-0.2, -0.15) is 0 Å². The third-order valence-corrected chi connectivity index (χ3v) is 7.87. The number of nitrogens with one attached hydrogen (secondary N) is 2. The predicted molar refractivity (Wildman–Crippen MR) is 143 cm³/mol. The molecular formula is C29H30N6O4. The van der Waals surface area contributed by atoms with Gasteiger partial charge in [0.05, 0.1) is 11.3 Å². The molecule has 1 aromatic heterocycles. The molecule has 6 rings (SSSR count). The summed E-state index contributed by atoms with van der Waals surface area (Å²) in [7, 11) is 0. The minimum absolute atomic E-state index is 0.209. The van der Waals surface area contributed by atoms with Crippen molar-refractivity contribution in [3.05, 3.63) is 83.2 Å². The summed E-state index contributed by atoms with van der Waals surface area (Å²) in [5.41, 5.74) is 2.97. The van der Waals surface area contributed by atoms with Crippen LogP contribution in [0.1, 0.15) is 52.9 Å². The van der Waals surface area contributed by atoms with Gasteiger partial charge in [-0.15, -0.1) is 0 Å². The second kappa shape index (κ2) is 10.2. The van der Waals surface area contributed by atoms with Gasteiger partial charge in [-0.3, -0.25) is 24.6 Å². The first kappa shape index (κ1) is 25.1. The number of rotatable bonds is 6. The molecule has 0 saturated carbocycles. The average Bonchev–Trinajstić information content (AvgIpc) is 3.26. The monoisotopic (exact) mass is 526 g/mol. The Bertz CT molecular complexity index is 1420. The van der Waals surface area contributed by atoms with Crippen molar-refractivity contribution in [1.82, 2.24) is 25.1 Å². The van der Waals surface area contributed by atoms with E-state index in [-0.39, 0.29) is 18.2 Å². The third kappa shape index (κ3) is 5.13. The number of imide groups is 1. The van der Waals surface area contributed by atoms with E-state index in [1.54, 1.807) is 12.3 Å². The number of hydrogen-bond acceptors (Lipinski definition) is 8. The van der Waals surface area contributed by atoms with Gasteiger partial charge in [0, 0.05) is 50.0 Å². The predicted octanol–water partition coefficient (Wildman–Crippen LogP) is 2.46. The Labute approximate surface area is 226 Å². The van der Waals surface area contributed by atoms with Crippen LogP contribution in [0.5, 0.6) is 0 Å². The highest BCUT2D eigenvalue weighted by molar-refractivity contribution is 6.05. The van der Waals surface area contributed by atoms with Crippen LogP contribution in [0.15, 0.2) is 60.8 Å². The molecule has 3 N–H and O–H groups in total. The molecule has 3 aliphatic rings. The Morgan fingerprint density at radius 3 is 2.62 bits per heavy atom. The first-order valence-corrected chi connectivity index (χ1v) is 13.2. The number of fused-ring (bicyclic) bond motifs is 1. The van der Waals surface area contributed by atoms with Crippen LogP contribution in [0.25, 0.3) is 0 Å². The average molecular weight is 527 g/mol. The number of aliphatic hydroxyl groups is 1. The van der Waals surface area contributed by atoms with Crippen LogP contribution in [0.3, 0.4) is 0 Å². The van der Waals surface area contributed by atoms with Crippen molar-refractivity contribution in [3.63, 3.8) is 0 Å². The van der Waals surface area contributed by atoms with Crippen molar-refractivity contribution in [2.45, 2.75) is 50.4 Å². The molecule has 2 aromatic carbocycles. The molecule has 3 aromatic rings. The van der Waals surface area contributed by atoms with Crippen molar-refractivity contribution in [2.75, 3.05) is 18.4 Å². The number of para-hydroxylation sites is 1. The summed E-state index contributed by atoms with van der Waals surface area (Å²) in [6, 6.07) is 16.5. The van der Waals surface area contributed by atoms with E-state index in [4.69, 9.17) is 0 Å². The molecule has 0 spiro atoms. The molecule has 0 bridgehead atoms. The molecule has 10 nitrogen and oxygen atoms in total. The second-order valence-corrected chi connectivity index (χ2v) is 10.4. The molecule has 2 saturated heterocycles. The van der Waals surface area contributed by atoms with Crippen LogP contribution in [0.2, 0.25) is 0 Å². The van der Waals surface area contributed by atoms with E-state index < -0.39 is 17.6 Å². The highest BCUT2D eigenvalue weighted by Crippen LogP contribution is 2.36. The Morgan fingerprint density at radius 2 is 1.85 bits per heavy atom. The van der Waals surface area contributed by atoms with Crippen molar-refractivity contribution >= 4 is 29.4 Å². The number of carbonyl (C=O) groups is 3. The zero-order chi connectivity index (χ0) is 27.0. The Hall–Kier alpha value is -4.15. The highest BCUT2D eigenvalue weighted by atomic mass is 16.3. The van der Waals surface area contributed by atoms with E-state index in [1.165, 1.54) is 4.90 Å². The summed E-state index contributed by atoms with van der Waals surface area (Å²) < 4.78 is 0. The maximum Gasteiger partial charge on any atom is 0.255 e. The van der Waals surface area contributed by atoms with Gasteiger partial charge in [0.25, 0.3) is 5.91 Å². The SMILES string of the molecule is O=C1CCC(N2Cc3cc(C4(O)CCN(Cc5ccnc(Nc6ccccc6)n5)CC4)ccc3C2=O)C(=O)N1. The molecule has 39 heavy (non-hydrogen) atoms. The maximum absolute atomic E-state index is 13.0. The molecule has 2 fully saturated rings. The number of carbonyl (C=O) groups excluding carboxylic acids is 3. The fourth-order valence-electron chi connectivity index (χ4n) is 5.66. The molecule has 3 amide bonds. The van der Waals surface area contributed by atoms with Gasteiger partial charge >= 0.3 is 0 Å². The number of hydrogen-bond donors (Lipinski definition) is 3. The lowest BCUT2D eigenvalue weighted by molar-refractivity contribution is -0.136. The van der Waals surface area contributed by atoms with E-state index in [9.17, 15) is 19.5 Å². The second-order valence-electron chi connectivity index (χ2n) is 10.4. The first-order chi connectivity index (χ1) is 18.9. The number of nitrogens with zero attached hydrogens (tertiary/aromatic N) is 4. The van der Waals surface area contributed by atoms with Gasteiger partial charge < -0.3 is 15.3 Å². The maximum atomic E-state index is 13.0. The van der Waals surface area contributed by atoms with E-state index in [1.807, 2.05) is 48.5 Å². The van der Waals surface area contributed by atoms with Gasteiger partial charge in [0.15, 0.2) is 0 Å². The topological polar surface area (TPSA) is 128 Å². The molecule has 4 heterocycles. The van der Waals surface area contributed by atoms with Gasteiger partial charge in [-0.05, 0) is 54.7 Å². The molecule has 1 unspecified atom stereocenters. The fourth-order valence-corrected chi connectivity index (χ4v) is 5.66. The summed E-state index contributed by atoms with van der Waals surface area (Å²) in [4.78, 5) is 49.6. The smallest absolute Gasteiger partial charge is 0.255 e. The molecule has 10 heteroatoms. The number of likely N-dealkylation sites (tertiary alicyclic amines) is 1. The largest absolute Gasteiger partial charge is 0.385 e. The minimum Gasteiger partial charge on any atom is -0.385 e. The van der Waals surface area contributed by atoms with Crippen LogP contribution in [0, 0.1) is 0 Å². The highest BCUT2D eigenvalue weighted by Gasteiger charge is 2.40. The lowest BCUT2D eigenvalue weighted by Crippen LogP contribution is -2.52. The standard InChI is InChI=1S/C29H30N6O4/c36-25-9-8-24(26(37)33-25)35-17-19-16-20(6-7-23(19)27(35)38)29(39)11-14-34(15-12-29)18-22-10-13-30-28(32-22)31-21-4-2-1-3-5-21/h1-7,10,13,16,24,39H,8-9,11-12,14-15,17-18H2,(H,30,31,32)(H,33,36,37). The normalized spacial score (nSPS) is 21.0. The molecule has 0 aliphatic carbocycles. The van der Waals surface area contributed by atoms with E-state index >= 15 is 0 Å². The van der Waals surface area contributed by atoms with Crippen LogP contribution in [0.4, 0.5) is 11.6 Å². The molecule has 3 aliphatic heterocycles. The Kier molecular flexibility index (Phi) is 6.58. The lowest BCUT2D eigenvalue weighted by Gasteiger charge is -2.38.